The van der Waals surface area contributed by atoms with Gasteiger partial charge in [0, 0.05) is 37.2 Å². The van der Waals surface area contributed by atoms with Gasteiger partial charge < -0.3 is 5.32 Å². The standard InChI is InChI=1S/C21H23FN2O3S/c22-16-8-6-15(7-9-16)12-24-13-19-18(10-11-28(26,27)20(19)14-24)21(25)23-17-4-2-1-3-5-17/h1-9,18-20H,10-14H2,(H,23,25)/t18-,19-,20-/m1/s1. The second-order valence-corrected chi connectivity index (χ2v) is 9.98. The predicted octanol–water partition coefficient (Wildman–Crippen LogP) is 2.70. The molecule has 7 heteroatoms. The number of amides is 1. The molecule has 2 aromatic carbocycles. The molecule has 0 aliphatic carbocycles. The Morgan fingerprint density at radius 3 is 2.50 bits per heavy atom. The lowest BCUT2D eigenvalue weighted by molar-refractivity contribution is -0.121. The molecule has 1 amide bonds. The van der Waals surface area contributed by atoms with Gasteiger partial charge >= 0.3 is 0 Å². The van der Waals surface area contributed by atoms with Crippen molar-refractivity contribution in [1.29, 1.82) is 0 Å². The number of nitrogens with one attached hydrogen (secondary N) is 1. The van der Waals surface area contributed by atoms with Gasteiger partial charge in [-0.25, -0.2) is 12.8 Å². The van der Waals surface area contributed by atoms with Gasteiger partial charge in [0.1, 0.15) is 5.82 Å². The normalized spacial score (nSPS) is 26.5. The van der Waals surface area contributed by atoms with E-state index in [0.717, 1.165) is 11.3 Å². The molecule has 0 spiro atoms. The monoisotopic (exact) mass is 402 g/mol. The van der Waals surface area contributed by atoms with E-state index in [4.69, 9.17) is 0 Å². The Hall–Kier alpha value is -2.25. The minimum absolute atomic E-state index is 0.0471. The molecule has 2 saturated heterocycles. The molecule has 148 valence electrons. The second kappa shape index (κ2) is 7.64. The number of para-hydroxylation sites is 1. The van der Waals surface area contributed by atoms with Crippen LogP contribution >= 0.6 is 0 Å². The number of hydrogen-bond donors (Lipinski definition) is 1. The van der Waals surface area contributed by atoms with Crippen molar-refractivity contribution < 1.29 is 17.6 Å². The van der Waals surface area contributed by atoms with Crippen LogP contribution < -0.4 is 5.32 Å². The summed E-state index contributed by atoms with van der Waals surface area (Å²) in [4.78, 5) is 14.9. The lowest BCUT2D eigenvalue weighted by Crippen LogP contribution is -2.45. The van der Waals surface area contributed by atoms with Crippen LogP contribution in [0.5, 0.6) is 0 Å². The number of hydrogen-bond acceptors (Lipinski definition) is 4. The average molecular weight is 402 g/mol. The fourth-order valence-electron chi connectivity index (χ4n) is 4.36. The summed E-state index contributed by atoms with van der Waals surface area (Å²) in [6.07, 6.45) is 0.354. The van der Waals surface area contributed by atoms with Crippen molar-refractivity contribution in [3.05, 3.63) is 66.0 Å². The van der Waals surface area contributed by atoms with Crippen molar-refractivity contribution >= 4 is 21.4 Å². The van der Waals surface area contributed by atoms with E-state index in [2.05, 4.69) is 10.2 Å². The van der Waals surface area contributed by atoms with Crippen molar-refractivity contribution in [3.8, 4) is 0 Å². The third-order valence-electron chi connectivity index (χ3n) is 5.77. The first-order valence-corrected chi connectivity index (χ1v) is 11.2. The lowest BCUT2D eigenvalue weighted by Gasteiger charge is -2.31. The SMILES string of the molecule is O=C(Nc1ccccc1)[C@@H]1CCS(=O)(=O)[C@@H]2CN(Cc3ccc(F)cc3)C[C@@H]21. The Kier molecular flexibility index (Phi) is 5.21. The number of sulfone groups is 1. The molecule has 28 heavy (non-hydrogen) atoms. The summed E-state index contributed by atoms with van der Waals surface area (Å²) in [5, 5.41) is 2.41. The van der Waals surface area contributed by atoms with Crippen molar-refractivity contribution in [2.24, 2.45) is 11.8 Å². The van der Waals surface area contributed by atoms with Crippen LogP contribution in [0, 0.1) is 17.7 Å². The summed E-state index contributed by atoms with van der Waals surface area (Å²) < 4.78 is 38.4. The zero-order valence-electron chi connectivity index (χ0n) is 15.4. The summed E-state index contributed by atoms with van der Waals surface area (Å²) in [7, 11) is -3.21. The van der Waals surface area contributed by atoms with Crippen LogP contribution in [0.2, 0.25) is 0 Å². The van der Waals surface area contributed by atoms with Crippen LogP contribution in [0.3, 0.4) is 0 Å². The molecule has 2 aromatic rings. The van der Waals surface area contributed by atoms with Crippen LogP contribution in [0.4, 0.5) is 10.1 Å². The molecule has 0 saturated carbocycles. The zero-order valence-corrected chi connectivity index (χ0v) is 16.2. The van der Waals surface area contributed by atoms with Crippen LogP contribution in [-0.4, -0.2) is 43.3 Å². The Morgan fingerprint density at radius 1 is 1.07 bits per heavy atom. The number of likely N-dealkylation sites (tertiary alicyclic amines) is 1. The predicted molar refractivity (Wildman–Crippen MR) is 106 cm³/mol. The van der Waals surface area contributed by atoms with E-state index < -0.39 is 15.1 Å². The molecule has 2 aliphatic rings. The van der Waals surface area contributed by atoms with Gasteiger partial charge in [0.15, 0.2) is 9.84 Å². The highest BCUT2D eigenvalue weighted by atomic mass is 32.2. The van der Waals surface area contributed by atoms with E-state index in [0.29, 0.717) is 26.1 Å². The molecular formula is C21H23FN2O3S. The highest BCUT2D eigenvalue weighted by molar-refractivity contribution is 7.92. The molecule has 0 unspecified atom stereocenters. The van der Waals surface area contributed by atoms with Gasteiger partial charge in [-0.05, 0) is 36.2 Å². The molecule has 0 bridgehead atoms. The first-order valence-electron chi connectivity index (χ1n) is 9.47. The Balaban J connectivity index is 1.50. The Labute approximate surface area is 164 Å². The summed E-state index contributed by atoms with van der Waals surface area (Å²) in [5.74, 6) is -0.903. The van der Waals surface area contributed by atoms with E-state index in [1.807, 2.05) is 30.3 Å². The molecule has 1 N–H and O–H groups in total. The number of halogens is 1. The van der Waals surface area contributed by atoms with Crippen molar-refractivity contribution in [2.75, 3.05) is 24.2 Å². The molecule has 2 aliphatic heterocycles. The number of benzene rings is 2. The first kappa shape index (κ1) is 19.1. The number of rotatable bonds is 4. The number of anilines is 1. The number of nitrogens with zero attached hydrogens (tertiary/aromatic N) is 1. The highest BCUT2D eigenvalue weighted by Crippen LogP contribution is 2.38. The van der Waals surface area contributed by atoms with Gasteiger partial charge in [0.2, 0.25) is 5.91 Å². The van der Waals surface area contributed by atoms with E-state index in [1.54, 1.807) is 12.1 Å². The highest BCUT2D eigenvalue weighted by Gasteiger charge is 2.50. The summed E-state index contributed by atoms with van der Waals surface area (Å²) in [6.45, 7) is 1.52. The van der Waals surface area contributed by atoms with E-state index in [1.165, 1.54) is 12.1 Å². The van der Waals surface area contributed by atoms with Gasteiger partial charge in [0.25, 0.3) is 0 Å². The van der Waals surface area contributed by atoms with Crippen molar-refractivity contribution in [1.82, 2.24) is 4.90 Å². The van der Waals surface area contributed by atoms with Gasteiger partial charge in [0.05, 0.1) is 11.0 Å². The fraction of sp³-hybridized carbons (Fsp3) is 0.381. The molecule has 2 fully saturated rings. The van der Waals surface area contributed by atoms with Crippen LogP contribution in [-0.2, 0) is 21.2 Å². The zero-order chi connectivity index (χ0) is 19.7. The molecule has 0 aromatic heterocycles. The fourth-order valence-corrected chi connectivity index (χ4v) is 6.49. The number of carbonyl (C=O) groups excluding carboxylic acids is 1. The maximum atomic E-state index is 13.1. The minimum atomic E-state index is -3.21. The quantitative estimate of drug-likeness (QED) is 0.854. The molecular weight excluding hydrogens is 379 g/mol. The minimum Gasteiger partial charge on any atom is -0.326 e. The molecule has 2 heterocycles. The van der Waals surface area contributed by atoms with Crippen LogP contribution in [0.15, 0.2) is 54.6 Å². The van der Waals surface area contributed by atoms with Gasteiger partial charge in [-0.1, -0.05) is 30.3 Å². The van der Waals surface area contributed by atoms with Crippen LogP contribution in [0.25, 0.3) is 0 Å². The molecule has 0 radical (unpaired) electrons. The second-order valence-electron chi connectivity index (χ2n) is 7.64. The van der Waals surface area contributed by atoms with E-state index in [9.17, 15) is 17.6 Å². The first-order chi connectivity index (χ1) is 13.4. The van der Waals surface area contributed by atoms with E-state index in [-0.39, 0.29) is 29.3 Å². The number of carbonyl (C=O) groups is 1. The van der Waals surface area contributed by atoms with Crippen molar-refractivity contribution in [2.45, 2.75) is 18.2 Å². The maximum Gasteiger partial charge on any atom is 0.227 e. The van der Waals surface area contributed by atoms with Crippen LogP contribution in [0.1, 0.15) is 12.0 Å². The van der Waals surface area contributed by atoms with Gasteiger partial charge in [-0.2, -0.15) is 0 Å². The largest absolute Gasteiger partial charge is 0.326 e. The van der Waals surface area contributed by atoms with Gasteiger partial charge in [-0.15, -0.1) is 0 Å². The summed E-state index contributed by atoms with van der Waals surface area (Å²) in [5.41, 5.74) is 1.65. The summed E-state index contributed by atoms with van der Waals surface area (Å²) in [6, 6.07) is 15.5. The molecule has 3 atom stereocenters. The molecule has 5 nitrogen and oxygen atoms in total. The molecule has 4 rings (SSSR count). The van der Waals surface area contributed by atoms with Gasteiger partial charge in [-0.3, -0.25) is 9.69 Å². The summed E-state index contributed by atoms with van der Waals surface area (Å²) >= 11 is 0. The average Bonchev–Trinajstić information content (AvgIpc) is 3.09. The van der Waals surface area contributed by atoms with E-state index >= 15 is 0 Å². The Morgan fingerprint density at radius 2 is 1.79 bits per heavy atom. The Bertz CT molecular complexity index is 947. The maximum absolute atomic E-state index is 13.1. The van der Waals surface area contributed by atoms with Crippen molar-refractivity contribution in [3.63, 3.8) is 0 Å². The third kappa shape index (κ3) is 3.95. The number of fused-ring (bicyclic) bond motifs is 1. The smallest absolute Gasteiger partial charge is 0.227 e. The lowest BCUT2D eigenvalue weighted by atomic mass is 9.87. The topological polar surface area (TPSA) is 66.5 Å². The third-order valence-corrected chi connectivity index (χ3v) is 8.00.